The summed E-state index contributed by atoms with van der Waals surface area (Å²) in [6.45, 7) is 4.69. The van der Waals surface area contributed by atoms with Gasteiger partial charge >= 0.3 is 5.97 Å². The van der Waals surface area contributed by atoms with Gasteiger partial charge in [0.2, 0.25) is 0 Å². The van der Waals surface area contributed by atoms with Crippen LogP contribution in [0.2, 0.25) is 0 Å². The molecule has 0 amide bonds. The maximum absolute atomic E-state index is 14.1. The van der Waals surface area contributed by atoms with Crippen molar-refractivity contribution < 1.29 is 13.9 Å². The first-order valence-corrected chi connectivity index (χ1v) is 10.5. The van der Waals surface area contributed by atoms with Crippen LogP contribution in [-0.2, 0) is 17.7 Å². The molecule has 0 bridgehead atoms. The van der Waals surface area contributed by atoms with Crippen molar-refractivity contribution in [1.29, 1.82) is 0 Å². The van der Waals surface area contributed by atoms with E-state index in [9.17, 15) is 9.18 Å². The van der Waals surface area contributed by atoms with Gasteiger partial charge in [0.15, 0.2) is 0 Å². The zero-order chi connectivity index (χ0) is 21.3. The summed E-state index contributed by atoms with van der Waals surface area (Å²) in [5.41, 5.74) is 5.35. The maximum Gasteiger partial charge on any atom is 0.338 e. The Balaban J connectivity index is 1.63. The first-order valence-electron chi connectivity index (χ1n) is 10.5. The van der Waals surface area contributed by atoms with Crippen molar-refractivity contribution in [1.82, 2.24) is 0 Å². The van der Waals surface area contributed by atoms with Gasteiger partial charge in [-0.1, -0.05) is 61.9 Å². The van der Waals surface area contributed by atoms with E-state index in [1.165, 1.54) is 42.2 Å². The van der Waals surface area contributed by atoms with Crippen LogP contribution in [0.25, 0.3) is 11.1 Å². The number of rotatable bonds is 9. The quantitative estimate of drug-likeness (QED) is 0.406. The molecule has 3 aromatic carbocycles. The van der Waals surface area contributed by atoms with E-state index in [1.807, 2.05) is 12.1 Å². The summed E-state index contributed by atoms with van der Waals surface area (Å²) in [4.78, 5) is 11.9. The summed E-state index contributed by atoms with van der Waals surface area (Å²) < 4.78 is 19.1. The Kier molecular flexibility index (Phi) is 7.61. The molecule has 3 nitrogen and oxygen atoms in total. The van der Waals surface area contributed by atoms with Crippen molar-refractivity contribution in [2.45, 2.75) is 39.7 Å². The van der Waals surface area contributed by atoms with Crippen molar-refractivity contribution in [2.24, 2.45) is 0 Å². The van der Waals surface area contributed by atoms with Crippen molar-refractivity contribution in [3.05, 3.63) is 89.2 Å². The van der Waals surface area contributed by atoms with E-state index >= 15 is 0 Å². The van der Waals surface area contributed by atoms with Gasteiger partial charge in [-0.15, -0.1) is 0 Å². The molecule has 0 spiro atoms. The number of aryl methyl sites for hydroxylation is 1. The number of carbonyl (C=O) groups is 1. The van der Waals surface area contributed by atoms with Crippen molar-refractivity contribution in [3.63, 3.8) is 0 Å². The summed E-state index contributed by atoms with van der Waals surface area (Å²) in [7, 11) is 0. The Morgan fingerprint density at radius 3 is 2.13 bits per heavy atom. The molecule has 0 radical (unpaired) electrons. The summed E-state index contributed by atoms with van der Waals surface area (Å²) >= 11 is 0. The number of esters is 1. The molecule has 0 atom stereocenters. The van der Waals surface area contributed by atoms with Gasteiger partial charge in [0, 0.05) is 6.54 Å². The lowest BCUT2D eigenvalue weighted by molar-refractivity contribution is 0.0526. The third kappa shape index (κ3) is 5.69. The second kappa shape index (κ2) is 10.6. The molecule has 0 saturated heterocycles. The fraction of sp³-hybridized carbons (Fsp3) is 0.269. The summed E-state index contributed by atoms with van der Waals surface area (Å²) in [5, 5.41) is 3.07. The van der Waals surface area contributed by atoms with Gasteiger partial charge in [-0.25, -0.2) is 9.18 Å². The van der Waals surface area contributed by atoms with Crippen LogP contribution in [-0.4, -0.2) is 12.6 Å². The number of ether oxygens (including phenoxy) is 1. The average molecular weight is 406 g/mol. The van der Waals surface area contributed by atoms with E-state index in [0.717, 1.165) is 17.5 Å². The third-order valence-electron chi connectivity index (χ3n) is 5.02. The van der Waals surface area contributed by atoms with Crippen LogP contribution in [0.1, 0.15) is 48.2 Å². The van der Waals surface area contributed by atoms with E-state index in [1.54, 1.807) is 6.92 Å². The maximum atomic E-state index is 14.1. The molecule has 0 heterocycles. The Morgan fingerprint density at radius 1 is 0.900 bits per heavy atom. The number of hydrogen-bond donors (Lipinski definition) is 1. The minimum atomic E-state index is -0.453. The molecule has 156 valence electrons. The summed E-state index contributed by atoms with van der Waals surface area (Å²) in [5.74, 6) is -0.853. The minimum Gasteiger partial charge on any atom is -0.462 e. The highest BCUT2D eigenvalue weighted by Gasteiger charge is 2.10. The highest BCUT2D eigenvalue weighted by atomic mass is 19.1. The number of anilines is 1. The molecule has 0 saturated carbocycles. The molecule has 0 fully saturated rings. The van der Waals surface area contributed by atoms with Crippen molar-refractivity contribution in [3.8, 4) is 11.1 Å². The summed E-state index contributed by atoms with van der Waals surface area (Å²) in [6, 6.07) is 21.1. The topological polar surface area (TPSA) is 38.3 Å². The lowest BCUT2D eigenvalue weighted by Gasteiger charge is -2.10. The number of hydrogen-bond acceptors (Lipinski definition) is 3. The highest BCUT2D eigenvalue weighted by molar-refractivity contribution is 5.90. The van der Waals surface area contributed by atoms with Crippen LogP contribution >= 0.6 is 0 Å². The van der Waals surface area contributed by atoms with Gasteiger partial charge in [0.25, 0.3) is 0 Å². The van der Waals surface area contributed by atoms with Gasteiger partial charge in [0.1, 0.15) is 5.82 Å². The molecule has 0 aliphatic rings. The molecular formula is C26H28FNO2. The van der Waals surface area contributed by atoms with Crippen LogP contribution in [0.15, 0.2) is 66.7 Å². The molecule has 4 heteroatoms. The second-order valence-electron chi connectivity index (χ2n) is 7.27. The minimum absolute atomic E-state index is 0.285. The van der Waals surface area contributed by atoms with Crippen LogP contribution in [0.3, 0.4) is 0 Å². The molecular weight excluding hydrogens is 377 g/mol. The van der Waals surface area contributed by atoms with Crippen molar-refractivity contribution >= 4 is 11.7 Å². The summed E-state index contributed by atoms with van der Waals surface area (Å²) in [6.07, 6.45) is 3.54. The Labute approximate surface area is 177 Å². The smallest absolute Gasteiger partial charge is 0.338 e. The Bertz CT molecular complexity index is 965. The number of nitrogens with one attached hydrogen (secondary N) is 1. The number of unbranched alkanes of at least 4 members (excludes halogenated alkanes) is 1. The molecule has 0 aliphatic carbocycles. The van der Waals surface area contributed by atoms with Crippen LogP contribution in [0.5, 0.6) is 0 Å². The zero-order valence-corrected chi connectivity index (χ0v) is 17.6. The van der Waals surface area contributed by atoms with Crippen molar-refractivity contribution in [2.75, 3.05) is 11.9 Å². The largest absolute Gasteiger partial charge is 0.462 e. The molecule has 30 heavy (non-hydrogen) atoms. The zero-order valence-electron chi connectivity index (χ0n) is 17.6. The molecule has 1 N–H and O–H groups in total. The lowest BCUT2D eigenvalue weighted by atomic mass is 10.0. The predicted octanol–water partition coefficient (Wildman–Crippen LogP) is 6.62. The van der Waals surface area contributed by atoms with Crippen LogP contribution in [0, 0.1) is 5.82 Å². The van der Waals surface area contributed by atoms with Crippen LogP contribution < -0.4 is 5.32 Å². The lowest BCUT2D eigenvalue weighted by Crippen LogP contribution is -2.07. The average Bonchev–Trinajstić information content (AvgIpc) is 2.78. The first kappa shape index (κ1) is 21.6. The SMILES string of the molecule is CCCCc1ccc(-c2ccc(CNc3cc(C(=O)OCC)ccc3F)cc2)cc1. The monoisotopic (exact) mass is 405 g/mol. The first-order chi connectivity index (χ1) is 14.6. The van der Waals surface area contributed by atoms with E-state index in [4.69, 9.17) is 4.74 Å². The molecule has 0 unspecified atom stereocenters. The van der Waals surface area contributed by atoms with E-state index in [0.29, 0.717) is 12.1 Å². The van der Waals surface area contributed by atoms with E-state index < -0.39 is 11.8 Å². The Hall–Kier alpha value is -3.14. The third-order valence-corrected chi connectivity index (χ3v) is 5.02. The Morgan fingerprint density at radius 2 is 1.53 bits per heavy atom. The number of halogens is 1. The fourth-order valence-electron chi connectivity index (χ4n) is 3.26. The van der Waals surface area contributed by atoms with Gasteiger partial charge < -0.3 is 10.1 Å². The number of carbonyl (C=O) groups excluding carboxylic acids is 1. The normalized spacial score (nSPS) is 10.6. The standard InChI is InChI=1S/C26H28FNO2/c1-3-5-6-19-7-11-21(12-8-19)22-13-9-20(10-14-22)18-28-25-17-23(15-16-24(25)27)26(29)30-4-2/h7-17,28H,3-6,18H2,1-2H3. The highest BCUT2D eigenvalue weighted by Crippen LogP contribution is 2.22. The predicted molar refractivity (Wildman–Crippen MR) is 120 cm³/mol. The van der Waals surface area contributed by atoms with Gasteiger partial charge in [-0.2, -0.15) is 0 Å². The van der Waals surface area contributed by atoms with E-state index in [-0.39, 0.29) is 12.3 Å². The molecule has 0 aromatic heterocycles. The van der Waals surface area contributed by atoms with Gasteiger partial charge in [-0.3, -0.25) is 0 Å². The molecule has 3 aromatic rings. The number of benzene rings is 3. The van der Waals surface area contributed by atoms with Gasteiger partial charge in [0.05, 0.1) is 17.9 Å². The van der Waals surface area contributed by atoms with E-state index in [2.05, 4.69) is 48.6 Å². The fourth-order valence-corrected chi connectivity index (χ4v) is 3.26. The second-order valence-corrected chi connectivity index (χ2v) is 7.27. The molecule has 3 rings (SSSR count). The van der Waals surface area contributed by atoms with Gasteiger partial charge in [-0.05, 0) is 60.2 Å². The molecule has 0 aliphatic heterocycles. The van der Waals surface area contributed by atoms with Crippen LogP contribution in [0.4, 0.5) is 10.1 Å².